The zero-order valence-electron chi connectivity index (χ0n) is 10.2. The summed E-state index contributed by atoms with van der Waals surface area (Å²) in [5.74, 6) is -33.0. The summed E-state index contributed by atoms with van der Waals surface area (Å²) >= 11 is 0. The van der Waals surface area contributed by atoms with Crippen molar-refractivity contribution in [3.8, 4) is 0 Å². The van der Waals surface area contributed by atoms with Gasteiger partial charge in [-0.05, 0) is 6.42 Å². The van der Waals surface area contributed by atoms with Gasteiger partial charge in [0.05, 0.1) is 0 Å². The van der Waals surface area contributed by atoms with E-state index >= 15 is 0 Å². The molecule has 1 unspecified atom stereocenters. The normalized spacial score (nSPS) is 17.0. The van der Waals surface area contributed by atoms with Gasteiger partial charge < -0.3 is 15.3 Å². The van der Waals surface area contributed by atoms with Crippen LogP contribution in [0.2, 0.25) is 0 Å². The van der Waals surface area contributed by atoms with E-state index in [1.54, 1.807) is 0 Å². The van der Waals surface area contributed by atoms with Gasteiger partial charge in [-0.2, -0.15) is 35.1 Å². The van der Waals surface area contributed by atoms with Crippen molar-refractivity contribution in [1.29, 1.82) is 0 Å². The zero-order valence-corrected chi connectivity index (χ0v) is 10.2. The molecular formula is C9H11F9O3. The van der Waals surface area contributed by atoms with Gasteiger partial charge in [0.25, 0.3) is 0 Å². The monoisotopic (exact) mass is 338 g/mol. The fourth-order valence-electron chi connectivity index (χ4n) is 1.25. The minimum Gasteiger partial charge on any atom is -0.339 e. The van der Waals surface area contributed by atoms with Crippen LogP contribution in [0.25, 0.3) is 0 Å². The molecular weight excluding hydrogens is 327 g/mol. The van der Waals surface area contributed by atoms with Gasteiger partial charge >= 0.3 is 29.7 Å². The van der Waals surface area contributed by atoms with E-state index in [2.05, 4.69) is 0 Å². The fourth-order valence-corrected chi connectivity index (χ4v) is 1.25. The Morgan fingerprint density at radius 2 is 1.14 bits per heavy atom. The molecule has 0 saturated carbocycles. The molecule has 0 aliphatic heterocycles. The molecule has 0 aliphatic rings. The standard InChI is InChI=1S/C9H11F9O3/c1-2-3-4(10)5(11,12)6(13,14)7(15,16)8(17,18)9(19,20)21/h4,19-21H,2-3H2,1H3. The van der Waals surface area contributed by atoms with Crippen molar-refractivity contribution in [2.75, 3.05) is 0 Å². The summed E-state index contributed by atoms with van der Waals surface area (Å²) < 4.78 is 116. The van der Waals surface area contributed by atoms with E-state index in [4.69, 9.17) is 15.3 Å². The number of alkyl halides is 9. The molecule has 3 nitrogen and oxygen atoms in total. The highest BCUT2D eigenvalue weighted by Gasteiger charge is 2.86. The first-order valence-corrected chi connectivity index (χ1v) is 5.30. The van der Waals surface area contributed by atoms with Crippen LogP contribution in [-0.4, -0.2) is 51.2 Å². The average molecular weight is 338 g/mol. The Bertz CT molecular complexity index is 364. The van der Waals surface area contributed by atoms with Crippen LogP contribution in [0.15, 0.2) is 0 Å². The molecule has 0 fully saturated rings. The van der Waals surface area contributed by atoms with Gasteiger partial charge in [0.15, 0.2) is 6.17 Å². The third kappa shape index (κ3) is 2.93. The van der Waals surface area contributed by atoms with Crippen LogP contribution in [0.5, 0.6) is 0 Å². The van der Waals surface area contributed by atoms with Crippen LogP contribution in [-0.2, 0) is 0 Å². The van der Waals surface area contributed by atoms with E-state index in [1.807, 2.05) is 0 Å². The zero-order chi connectivity index (χ0) is 17.5. The van der Waals surface area contributed by atoms with E-state index in [9.17, 15) is 39.5 Å². The minimum atomic E-state index is -7.17. The second kappa shape index (κ2) is 5.47. The van der Waals surface area contributed by atoms with Crippen molar-refractivity contribution in [3.05, 3.63) is 0 Å². The van der Waals surface area contributed by atoms with E-state index in [0.29, 0.717) is 0 Å². The average Bonchev–Trinajstić information content (AvgIpc) is 2.26. The third-order valence-corrected chi connectivity index (χ3v) is 2.56. The van der Waals surface area contributed by atoms with E-state index in [0.717, 1.165) is 6.92 Å². The first kappa shape index (κ1) is 20.2. The van der Waals surface area contributed by atoms with Gasteiger partial charge in [-0.25, -0.2) is 4.39 Å². The number of halogens is 9. The maximum absolute atomic E-state index is 13.0. The molecule has 128 valence electrons. The van der Waals surface area contributed by atoms with Crippen molar-refractivity contribution in [2.45, 2.75) is 55.6 Å². The van der Waals surface area contributed by atoms with Crippen LogP contribution in [0, 0.1) is 0 Å². The predicted octanol–water partition coefficient (Wildman–Crippen LogP) is 2.30. The summed E-state index contributed by atoms with van der Waals surface area (Å²) in [6, 6.07) is 0. The van der Waals surface area contributed by atoms with Crippen molar-refractivity contribution in [2.24, 2.45) is 0 Å². The molecule has 0 spiro atoms. The Kier molecular flexibility index (Phi) is 5.27. The lowest BCUT2D eigenvalue weighted by molar-refractivity contribution is -0.479. The van der Waals surface area contributed by atoms with Gasteiger partial charge in [-0.15, -0.1) is 0 Å². The quantitative estimate of drug-likeness (QED) is 0.493. The minimum absolute atomic E-state index is 0.487. The van der Waals surface area contributed by atoms with Crippen molar-refractivity contribution < 1.29 is 54.8 Å². The molecule has 0 aliphatic carbocycles. The summed E-state index contributed by atoms with van der Waals surface area (Å²) in [4.78, 5) is 0. The lowest BCUT2D eigenvalue weighted by Crippen LogP contribution is -2.70. The molecule has 1 atom stereocenters. The van der Waals surface area contributed by atoms with Crippen LogP contribution in [0.3, 0.4) is 0 Å². The Balaban J connectivity index is 5.88. The van der Waals surface area contributed by atoms with Gasteiger partial charge in [0.1, 0.15) is 0 Å². The molecule has 0 heterocycles. The molecule has 0 amide bonds. The largest absolute Gasteiger partial charge is 0.395 e. The van der Waals surface area contributed by atoms with Crippen LogP contribution >= 0.6 is 0 Å². The van der Waals surface area contributed by atoms with Crippen LogP contribution in [0.1, 0.15) is 19.8 Å². The highest BCUT2D eigenvalue weighted by atomic mass is 19.4. The second-order valence-electron chi connectivity index (χ2n) is 4.24. The summed E-state index contributed by atoms with van der Waals surface area (Å²) in [7, 11) is 0. The highest BCUT2D eigenvalue weighted by Crippen LogP contribution is 2.56. The van der Waals surface area contributed by atoms with Crippen LogP contribution in [0.4, 0.5) is 39.5 Å². The smallest absolute Gasteiger partial charge is 0.339 e. The van der Waals surface area contributed by atoms with Crippen LogP contribution < -0.4 is 0 Å². The first-order valence-electron chi connectivity index (χ1n) is 5.30. The number of aliphatic hydroxyl groups is 3. The van der Waals surface area contributed by atoms with Crippen molar-refractivity contribution >= 4 is 0 Å². The Morgan fingerprint density at radius 3 is 1.43 bits per heavy atom. The number of hydrogen-bond acceptors (Lipinski definition) is 3. The molecule has 0 aromatic rings. The van der Waals surface area contributed by atoms with Gasteiger partial charge in [0.2, 0.25) is 0 Å². The topological polar surface area (TPSA) is 60.7 Å². The lowest BCUT2D eigenvalue weighted by Gasteiger charge is -2.39. The molecule has 12 heteroatoms. The molecule has 0 aromatic carbocycles. The van der Waals surface area contributed by atoms with E-state index in [-0.39, 0.29) is 0 Å². The molecule has 0 rings (SSSR count). The lowest BCUT2D eigenvalue weighted by atomic mass is 9.93. The second-order valence-corrected chi connectivity index (χ2v) is 4.24. The molecule has 3 N–H and O–H groups in total. The van der Waals surface area contributed by atoms with Gasteiger partial charge in [0, 0.05) is 0 Å². The third-order valence-electron chi connectivity index (χ3n) is 2.56. The van der Waals surface area contributed by atoms with Gasteiger partial charge in [-0.1, -0.05) is 13.3 Å². The van der Waals surface area contributed by atoms with Crippen molar-refractivity contribution in [1.82, 2.24) is 0 Å². The molecule has 0 radical (unpaired) electrons. The van der Waals surface area contributed by atoms with E-state index in [1.165, 1.54) is 0 Å². The summed E-state index contributed by atoms with van der Waals surface area (Å²) in [6.45, 7) is 1.04. The fraction of sp³-hybridized carbons (Fsp3) is 1.00. The molecule has 0 aromatic heterocycles. The maximum atomic E-state index is 13.0. The molecule has 0 bridgehead atoms. The van der Waals surface area contributed by atoms with Gasteiger partial charge in [-0.3, -0.25) is 0 Å². The Hall–Kier alpha value is -0.750. The maximum Gasteiger partial charge on any atom is 0.395 e. The van der Waals surface area contributed by atoms with E-state index < -0.39 is 48.7 Å². The number of hydrogen-bond donors (Lipinski definition) is 3. The predicted molar refractivity (Wildman–Crippen MR) is 49.0 cm³/mol. The summed E-state index contributed by atoms with van der Waals surface area (Å²) in [6.07, 6.45) is -5.73. The Morgan fingerprint density at radius 1 is 0.762 bits per heavy atom. The Labute approximate surface area is 112 Å². The summed E-state index contributed by atoms with van der Waals surface area (Å²) in [5, 5.41) is 23.9. The first-order chi connectivity index (χ1) is 8.98. The summed E-state index contributed by atoms with van der Waals surface area (Å²) in [5.41, 5.74) is 0. The molecule has 0 saturated heterocycles. The highest BCUT2D eigenvalue weighted by molar-refractivity contribution is 5.07. The van der Waals surface area contributed by atoms with Crippen molar-refractivity contribution in [3.63, 3.8) is 0 Å². The number of rotatable bonds is 7. The molecule has 21 heavy (non-hydrogen) atoms. The SMILES string of the molecule is CCCC(F)C(F)(F)C(F)(F)C(F)(F)C(F)(F)C(O)(O)O.